The molecule has 0 saturated heterocycles. The Morgan fingerprint density at radius 2 is 2.00 bits per heavy atom. The number of hydrogen-bond donors (Lipinski definition) is 0. The van der Waals surface area contributed by atoms with Crippen LogP contribution in [0.3, 0.4) is 0 Å². The Morgan fingerprint density at radius 3 is 2.56 bits per heavy atom. The van der Waals surface area contributed by atoms with Gasteiger partial charge >= 0.3 is 0 Å². The molecule has 0 bridgehead atoms. The van der Waals surface area contributed by atoms with Crippen LogP contribution in [0.1, 0.15) is 26.2 Å². The fourth-order valence-corrected chi connectivity index (χ4v) is 9.97. The van der Waals surface area contributed by atoms with Crippen LogP contribution in [0.2, 0.25) is 25.2 Å². The van der Waals surface area contributed by atoms with Gasteiger partial charge in [0.2, 0.25) is 17.5 Å². The van der Waals surface area contributed by atoms with E-state index in [1.807, 2.05) is 6.55 Å². The molecular weight excluding hydrogens is 313 g/mol. The second-order valence-corrected chi connectivity index (χ2v) is 21.7. The molecule has 0 fully saturated rings. The van der Waals surface area contributed by atoms with E-state index >= 15 is 0 Å². The predicted octanol–water partition coefficient (Wildman–Crippen LogP) is 0.198. The van der Waals surface area contributed by atoms with Gasteiger partial charge in [0.1, 0.15) is 7.59 Å². The van der Waals surface area contributed by atoms with Gasteiger partial charge in [0.15, 0.2) is 0 Å². The average Bonchev–Trinajstić information content (AvgIpc) is 2.37. The fraction of sp³-hybridized carbons (Fsp3) is 1.00. The summed E-state index contributed by atoms with van der Waals surface area (Å²) in [5.41, 5.74) is 0. The molecule has 106 valence electrons. The van der Waals surface area contributed by atoms with E-state index in [4.69, 9.17) is 8.54 Å². The van der Waals surface area contributed by atoms with Crippen molar-refractivity contribution in [2.24, 2.45) is 0 Å². The highest BCUT2D eigenvalue weighted by molar-refractivity contribution is 7.19. The second kappa shape index (κ2) is 11.4. The molecule has 0 aliphatic rings. The second-order valence-electron chi connectivity index (χ2n) is 5.01. The van der Waals surface area contributed by atoms with E-state index in [-0.39, 0.29) is 0 Å². The van der Waals surface area contributed by atoms with Gasteiger partial charge in [0.05, 0.1) is 0 Å². The Labute approximate surface area is 119 Å². The summed E-state index contributed by atoms with van der Waals surface area (Å²) in [6.45, 7) is 7.15. The Kier molecular flexibility index (Phi) is 11.8. The van der Waals surface area contributed by atoms with Crippen molar-refractivity contribution in [3.05, 3.63) is 0 Å². The Balaban J connectivity index is 3.49. The lowest BCUT2D eigenvalue weighted by Crippen LogP contribution is -2.33. The first-order valence-corrected chi connectivity index (χ1v) is 17.8. The Hall–Kier alpha value is 0.604. The van der Waals surface area contributed by atoms with E-state index in [0.29, 0.717) is 0 Å². The molecule has 0 aliphatic carbocycles. The van der Waals surface area contributed by atoms with Crippen molar-refractivity contribution in [3.63, 3.8) is 0 Å². The minimum absolute atomic E-state index is 0.554. The predicted molar refractivity (Wildman–Crippen MR) is 85.0 cm³/mol. The summed E-state index contributed by atoms with van der Waals surface area (Å²) in [7, 11) is -4.89. The Morgan fingerprint density at radius 1 is 1.28 bits per heavy atom. The molecule has 0 aliphatic heterocycles. The van der Waals surface area contributed by atoms with Gasteiger partial charge in [-0.05, 0) is 13.0 Å². The van der Waals surface area contributed by atoms with E-state index in [1.165, 1.54) is 12.1 Å². The number of hydrogen-bond acceptors (Lipinski definition) is 4. The van der Waals surface area contributed by atoms with Crippen molar-refractivity contribution in [2.75, 3.05) is 6.61 Å². The van der Waals surface area contributed by atoms with Crippen LogP contribution < -0.4 is 0 Å². The van der Waals surface area contributed by atoms with Crippen LogP contribution in [-0.4, -0.2) is 50.6 Å². The van der Waals surface area contributed by atoms with Gasteiger partial charge in [-0.15, -0.1) is 0 Å². The van der Waals surface area contributed by atoms with Crippen molar-refractivity contribution in [1.82, 2.24) is 0 Å². The molecule has 18 heavy (non-hydrogen) atoms. The van der Waals surface area contributed by atoms with Crippen molar-refractivity contribution in [2.45, 2.75) is 51.4 Å². The molecular formula is C9H26O4Si5. The third kappa shape index (κ3) is 9.52. The average molecular weight is 339 g/mol. The van der Waals surface area contributed by atoms with Crippen LogP contribution in [0.4, 0.5) is 0 Å². The highest BCUT2D eigenvalue weighted by atomic mass is 29.2. The van der Waals surface area contributed by atoms with Gasteiger partial charge in [-0.2, -0.15) is 0 Å². The fourth-order valence-electron chi connectivity index (χ4n) is 1.80. The van der Waals surface area contributed by atoms with Crippen LogP contribution in [0, 0.1) is 0 Å². The molecule has 0 heterocycles. The summed E-state index contributed by atoms with van der Waals surface area (Å²) in [5.74, 6) is 0. The molecule has 0 spiro atoms. The van der Waals surface area contributed by atoms with E-state index in [9.17, 15) is 8.92 Å². The van der Waals surface area contributed by atoms with E-state index < -0.39 is 44.0 Å². The highest BCUT2D eigenvalue weighted by Gasteiger charge is 2.25. The Bertz CT molecular complexity index is 243. The third-order valence-electron chi connectivity index (χ3n) is 3.00. The zero-order valence-electron chi connectivity index (χ0n) is 11.8. The topological polar surface area (TPSA) is 52.6 Å². The summed E-state index contributed by atoms with van der Waals surface area (Å²) in [5, 5.41) is 0. The van der Waals surface area contributed by atoms with Crippen LogP contribution in [-0.2, 0) is 17.5 Å². The SMILES string of the molecule is CCC[Si](C)(CCCCO[SiH2]O[SiH](C)[SiH]=O)[SiH]=O. The van der Waals surface area contributed by atoms with Gasteiger partial charge in [-0.3, -0.25) is 0 Å². The van der Waals surface area contributed by atoms with Gasteiger partial charge < -0.3 is 17.5 Å². The van der Waals surface area contributed by atoms with Crippen LogP contribution >= 0.6 is 0 Å². The first-order valence-electron chi connectivity index (χ1n) is 6.69. The highest BCUT2D eigenvalue weighted by Crippen LogP contribution is 2.17. The summed E-state index contributed by atoms with van der Waals surface area (Å²) in [6, 6.07) is 2.36. The first kappa shape index (κ1) is 18.6. The monoisotopic (exact) mass is 338 g/mol. The molecule has 0 rings (SSSR count). The van der Waals surface area contributed by atoms with E-state index in [0.717, 1.165) is 25.9 Å². The van der Waals surface area contributed by atoms with Crippen LogP contribution in [0.25, 0.3) is 0 Å². The third-order valence-corrected chi connectivity index (χ3v) is 16.5. The first-order chi connectivity index (χ1) is 8.58. The molecule has 2 atom stereocenters. The molecule has 9 heteroatoms. The van der Waals surface area contributed by atoms with Crippen LogP contribution in [0.5, 0.6) is 0 Å². The molecule has 0 saturated carbocycles. The van der Waals surface area contributed by atoms with Crippen molar-refractivity contribution in [1.29, 1.82) is 0 Å². The van der Waals surface area contributed by atoms with Crippen LogP contribution in [0.15, 0.2) is 0 Å². The molecule has 0 radical (unpaired) electrons. The quantitative estimate of drug-likeness (QED) is 0.377. The summed E-state index contributed by atoms with van der Waals surface area (Å²) < 4.78 is 32.8. The number of rotatable bonds is 12. The molecule has 2 unspecified atom stereocenters. The molecule has 0 aromatic rings. The molecule has 4 nitrogen and oxygen atoms in total. The maximum absolute atomic E-state index is 11.3. The molecule has 0 N–H and O–H groups in total. The number of unbranched alkanes of at least 4 members (excludes halogenated alkanes) is 1. The van der Waals surface area contributed by atoms with Crippen molar-refractivity contribution < 1.29 is 17.5 Å². The van der Waals surface area contributed by atoms with Crippen molar-refractivity contribution in [3.8, 4) is 0 Å². The maximum atomic E-state index is 11.3. The normalized spacial score (nSPS) is 16.6. The van der Waals surface area contributed by atoms with E-state index in [1.54, 1.807) is 0 Å². The van der Waals surface area contributed by atoms with Gasteiger partial charge in [-0.1, -0.05) is 38.4 Å². The van der Waals surface area contributed by atoms with Gasteiger partial charge in [0.25, 0.3) is 18.9 Å². The molecule has 0 amide bonds. The smallest absolute Gasteiger partial charge is 0.294 e. The summed E-state index contributed by atoms with van der Waals surface area (Å²) in [4.78, 5) is 0. The van der Waals surface area contributed by atoms with Crippen molar-refractivity contribution >= 4 is 44.0 Å². The van der Waals surface area contributed by atoms with E-state index in [2.05, 4.69) is 13.5 Å². The zero-order chi connectivity index (χ0) is 13.9. The van der Waals surface area contributed by atoms with Gasteiger partial charge in [-0.25, -0.2) is 0 Å². The lowest BCUT2D eigenvalue weighted by atomic mass is 10.4. The van der Waals surface area contributed by atoms with Gasteiger partial charge in [0, 0.05) is 6.61 Å². The minimum atomic E-state index is -1.39. The maximum Gasteiger partial charge on any atom is 0.294 e. The molecule has 0 aromatic carbocycles. The standard InChI is InChI=1S/C9H26O4Si5/c1-4-8-18(3,15-11)9-6-5-7-12-16-13-17(2)14-10/h14-15,17H,4-9,16H2,1-3H3. The lowest BCUT2D eigenvalue weighted by Gasteiger charge is -2.18. The summed E-state index contributed by atoms with van der Waals surface area (Å²) in [6.07, 6.45) is 3.34. The molecule has 0 aromatic heterocycles. The summed E-state index contributed by atoms with van der Waals surface area (Å²) >= 11 is 0. The minimum Gasteiger partial charge on any atom is -0.440 e. The lowest BCUT2D eigenvalue weighted by molar-refractivity contribution is 0.285. The zero-order valence-corrected chi connectivity index (χ0v) is 17.7. The largest absolute Gasteiger partial charge is 0.440 e.